The number of halogens is 1. The molecule has 0 fully saturated rings. The fraction of sp³-hybridized carbons (Fsp3) is 0.0769. The third kappa shape index (κ3) is 2.51. The summed E-state index contributed by atoms with van der Waals surface area (Å²) in [6, 6.07) is 15.9. The van der Waals surface area contributed by atoms with Crippen molar-refractivity contribution in [3.05, 3.63) is 59.1 Å². The molecule has 1 nitrogen and oxygen atoms in total. The van der Waals surface area contributed by atoms with Crippen LogP contribution in [0.1, 0.15) is 5.56 Å². The lowest BCUT2D eigenvalue weighted by Crippen LogP contribution is -1.91. The topological polar surface area (TPSA) is 12.0 Å². The molecule has 2 aromatic rings. The minimum absolute atomic E-state index is 0.740. The van der Waals surface area contributed by atoms with Gasteiger partial charge in [0.25, 0.3) is 0 Å². The Balaban J connectivity index is 2.28. The molecule has 2 rings (SSSR count). The Morgan fingerprint density at radius 1 is 1.00 bits per heavy atom. The van der Waals surface area contributed by atoms with Crippen LogP contribution in [-0.2, 0) is 0 Å². The quantitative estimate of drug-likeness (QED) is 0.787. The molecule has 0 atom stereocenters. The molecule has 0 aliphatic heterocycles. The van der Waals surface area contributed by atoms with Crippen LogP contribution >= 0.6 is 11.6 Å². The van der Waals surface area contributed by atoms with Crippen molar-refractivity contribution >= 4 is 23.0 Å². The van der Waals surface area contributed by atoms with Crippen LogP contribution in [0.2, 0.25) is 5.02 Å². The normalized spacial score (nSPS) is 10.0. The van der Waals surface area contributed by atoms with Crippen LogP contribution in [0, 0.1) is 6.92 Å². The summed E-state index contributed by atoms with van der Waals surface area (Å²) in [7, 11) is 0. The van der Waals surface area contributed by atoms with Gasteiger partial charge in [0.2, 0.25) is 0 Å². The highest BCUT2D eigenvalue weighted by atomic mass is 35.5. The number of rotatable bonds is 2. The molecule has 0 heterocycles. The summed E-state index contributed by atoms with van der Waals surface area (Å²) in [5, 5.41) is 4.02. The molecule has 0 spiro atoms. The molecule has 0 aliphatic rings. The minimum Gasteiger partial charge on any atom is -0.354 e. The molecule has 76 valence electrons. The number of aryl methyl sites for hydroxylation is 1. The second-order valence-corrected chi connectivity index (χ2v) is 3.88. The SMILES string of the molecule is Cc1ccc(Cl)c(Nc2ccccc2)c1. The number of nitrogens with one attached hydrogen (secondary N) is 1. The zero-order chi connectivity index (χ0) is 10.7. The zero-order valence-corrected chi connectivity index (χ0v) is 9.25. The average molecular weight is 218 g/mol. The van der Waals surface area contributed by atoms with E-state index in [0.29, 0.717) is 0 Å². The van der Waals surface area contributed by atoms with Gasteiger partial charge in [-0.15, -0.1) is 0 Å². The van der Waals surface area contributed by atoms with Crippen molar-refractivity contribution in [2.75, 3.05) is 5.32 Å². The van der Waals surface area contributed by atoms with E-state index < -0.39 is 0 Å². The van der Waals surface area contributed by atoms with E-state index in [-0.39, 0.29) is 0 Å². The fourth-order valence-corrected chi connectivity index (χ4v) is 1.58. The van der Waals surface area contributed by atoms with Crippen LogP contribution in [0.4, 0.5) is 11.4 Å². The molecule has 0 radical (unpaired) electrons. The number of para-hydroxylation sites is 1. The highest BCUT2D eigenvalue weighted by molar-refractivity contribution is 6.33. The second-order valence-electron chi connectivity index (χ2n) is 3.47. The Kier molecular flexibility index (Phi) is 2.93. The number of hydrogen-bond acceptors (Lipinski definition) is 1. The first-order chi connectivity index (χ1) is 7.25. The van der Waals surface area contributed by atoms with Crippen molar-refractivity contribution in [3.63, 3.8) is 0 Å². The van der Waals surface area contributed by atoms with Gasteiger partial charge in [-0.25, -0.2) is 0 Å². The summed E-state index contributed by atoms with van der Waals surface area (Å²) in [6.45, 7) is 2.05. The molecule has 0 saturated carbocycles. The molecule has 0 amide bonds. The van der Waals surface area contributed by atoms with E-state index in [1.807, 2.05) is 55.5 Å². The standard InChI is InChI=1S/C13H12ClN/c1-10-7-8-12(14)13(9-10)15-11-5-3-2-4-6-11/h2-9,15H,1H3. The first-order valence-electron chi connectivity index (χ1n) is 4.84. The third-order valence-electron chi connectivity index (χ3n) is 2.17. The largest absolute Gasteiger partial charge is 0.354 e. The van der Waals surface area contributed by atoms with Crippen LogP contribution in [0.5, 0.6) is 0 Å². The highest BCUT2D eigenvalue weighted by Crippen LogP contribution is 2.26. The zero-order valence-electron chi connectivity index (χ0n) is 8.50. The summed E-state index contributed by atoms with van der Waals surface area (Å²) in [6.07, 6.45) is 0. The van der Waals surface area contributed by atoms with E-state index in [1.54, 1.807) is 0 Å². The second kappa shape index (κ2) is 4.37. The molecule has 15 heavy (non-hydrogen) atoms. The monoisotopic (exact) mass is 217 g/mol. The highest BCUT2D eigenvalue weighted by Gasteiger charge is 1.99. The fourth-order valence-electron chi connectivity index (χ4n) is 1.41. The summed E-state index contributed by atoms with van der Waals surface area (Å²) < 4.78 is 0. The van der Waals surface area contributed by atoms with Crippen molar-refractivity contribution in [1.29, 1.82) is 0 Å². The molecule has 0 bridgehead atoms. The number of benzene rings is 2. The first kappa shape index (κ1) is 10.1. The Labute approximate surface area is 94.7 Å². The molecule has 0 aliphatic carbocycles. The van der Waals surface area contributed by atoms with Crippen molar-refractivity contribution in [1.82, 2.24) is 0 Å². The van der Waals surface area contributed by atoms with E-state index in [2.05, 4.69) is 5.32 Å². The van der Waals surface area contributed by atoms with Gasteiger partial charge in [-0.3, -0.25) is 0 Å². The predicted molar refractivity (Wildman–Crippen MR) is 65.9 cm³/mol. The molecule has 1 N–H and O–H groups in total. The smallest absolute Gasteiger partial charge is 0.0641 e. The summed E-state index contributed by atoms with van der Waals surface area (Å²) >= 11 is 6.08. The summed E-state index contributed by atoms with van der Waals surface area (Å²) in [5.74, 6) is 0. The molecular formula is C13H12ClN. The first-order valence-corrected chi connectivity index (χ1v) is 5.22. The maximum Gasteiger partial charge on any atom is 0.0641 e. The lowest BCUT2D eigenvalue weighted by atomic mass is 10.2. The van der Waals surface area contributed by atoms with Gasteiger partial charge in [0.1, 0.15) is 0 Å². The molecule has 2 aromatic carbocycles. The van der Waals surface area contributed by atoms with Crippen LogP contribution in [0.3, 0.4) is 0 Å². The van der Waals surface area contributed by atoms with E-state index in [1.165, 1.54) is 5.56 Å². The lowest BCUT2D eigenvalue weighted by molar-refractivity contribution is 1.45. The number of hydrogen-bond donors (Lipinski definition) is 1. The number of anilines is 2. The van der Waals surface area contributed by atoms with Gasteiger partial charge in [0, 0.05) is 5.69 Å². The van der Waals surface area contributed by atoms with E-state index in [9.17, 15) is 0 Å². The Hall–Kier alpha value is -1.47. The summed E-state index contributed by atoms with van der Waals surface area (Å²) in [4.78, 5) is 0. The Bertz CT molecular complexity index is 451. The van der Waals surface area contributed by atoms with E-state index in [0.717, 1.165) is 16.4 Å². The minimum atomic E-state index is 0.740. The summed E-state index contributed by atoms with van der Waals surface area (Å²) in [5.41, 5.74) is 3.19. The van der Waals surface area contributed by atoms with Crippen LogP contribution in [0.25, 0.3) is 0 Å². The van der Waals surface area contributed by atoms with Gasteiger partial charge in [-0.05, 0) is 36.8 Å². The van der Waals surface area contributed by atoms with E-state index in [4.69, 9.17) is 11.6 Å². The van der Waals surface area contributed by atoms with Crippen molar-refractivity contribution < 1.29 is 0 Å². The van der Waals surface area contributed by atoms with Gasteiger partial charge in [0.05, 0.1) is 10.7 Å². The van der Waals surface area contributed by atoms with Crippen molar-refractivity contribution in [2.24, 2.45) is 0 Å². The average Bonchev–Trinajstić information content (AvgIpc) is 2.25. The molecule has 0 saturated heterocycles. The van der Waals surface area contributed by atoms with Gasteiger partial charge in [-0.1, -0.05) is 35.9 Å². The third-order valence-corrected chi connectivity index (χ3v) is 2.50. The Morgan fingerprint density at radius 3 is 2.47 bits per heavy atom. The van der Waals surface area contributed by atoms with Gasteiger partial charge < -0.3 is 5.32 Å². The van der Waals surface area contributed by atoms with Crippen LogP contribution < -0.4 is 5.32 Å². The maximum atomic E-state index is 6.08. The van der Waals surface area contributed by atoms with Crippen molar-refractivity contribution in [2.45, 2.75) is 6.92 Å². The molecule has 2 heteroatoms. The van der Waals surface area contributed by atoms with Gasteiger partial charge in [0.15, 0.2) is 0 Å². The van der Waals surface area contributed by atoms with Crippen LogP contribution in [0.15, 0.2) is 48.5 Å². The predicted octanol–water partition coefficient (Wildman–Crippen LogP) is 4.39. The molecule has 0 unspecified atom stereocenters. The Morgan fingerprint density at radius 2 is 1.73 bits per heavy atom. The van der Waals surface area contributed by atoms with Crippen molar-refractivity contribution in [3.8, 4) is 0 Å². The molecular weight excluding hydrogens is 206 g/mol. The van der Waals surface area contributed by atoms with Gasteiger partial charge in [-0.2, -0.15) is 0 Å². The van der Waals surface area contributed by atoms with Gasteiger partial charge >= 0.3 is 0 Å². The molecule has 0 aromatic heterocycles. The lowest BCUT2D eigenvalue weighted by Gasteiger charge is -2.08. The maximum absolute atomic E-state index is 6.08. The van der Waals surface area contributed by atoms with Crippen LogP contribution in [-0.4, -0.2) is 0 Å². The van der Waals surface area contributed by atoms with E-state index >= 15 is 0 Å².